The summed E-state index contributed by atoms with van der Waals surface area (Å²) in [6.07, 6.45) is 1.25. The third-order valence-electron chi connectivity index (χ3n) is 3.02. The smallest absolute Gasteiger partial charge is 0.133 e. The lowest BCUT2D eigenvalue weighted by Gasteiger charge is -2.15. The molecule has 0 bridgehead atoms. The van der Waals surface area contributed by atoms with E-state index in [1.165, 1.54) is 6.42 Å². The van der Waals surface area contributed by atoms with Crippen LogP contribution in [0.2, 0.25) is 0 Å². The van der Waals surface area contributed by atoms with Gasteiger partial charge in [-0.3, -0.25) is 0 Å². The lowest BCUT2D eigenvalue weighted by atomic mass is 10.1. The zero-order valence-electron chi connectivity index (χ0n) is 10.8. The van der Waals surface area contributed by atoms with Gasteiger partial charge in [-0.15, -0.1) is 0 Å². The molecule has 1 saturated heterocycles. The first kappa shape index (κ1) is 12.1. The number of hydrogen-bond donors (Lipinski definition) is 2. The average molecular weight is 235 g/mol. The molecule has 0 spiro atoms. The maximum atomic E-state index is 4.41. The maximum Gasteiger partial charge on any atom is 0.133 e. The Balaban J connectivity index is 1.99. The van der Waals surface area contributed by atoms with E-state index in [0.717, 1.165) is 37.1 Å². The Morgan fingerprint density at radius 2 is 2.29 bits per heavy atom. The molecule has 5 nitrogen and oxygen atoms in total. The van der Waals surface area contributed by atoms with Gasteiger partial charge in [0.25, 0.3) is 0 Å². The van der Waals surface area contributed by atoms with E-state index in [-0.39, 0.29) is 0 Å². The number of rotatable bonds is 4. The molecule has 2 heterocycles. The summed E-state index contributed by atoms with van der Waals surface area (Å²) in [5.74, 6) is 3.40. The molecule has 0 saturated carbocycles. The van der Waals surface area contributed by atoms with Crippen LogP contribution in [0.15, 0.2) is 6.07 Å². The largest absolute Gasteiger partial charge is 0.370 e. The maximum absolute atomic E-state index is 4.41. The molecule has 1 aliphatic rings. The van der Waals surface area contributed by atoms with Crippen molar-refractivity contribution >= 4 is 11.6 Å². The summed E-state index contributed by atoms with van der Waals surface area (Å²) in [4.78, 5) is 10.8. The van der Waals surface area contributed by atoms with Gasteiger partial charge < -0.3 is 15.5 Å². The fraction of sp³-hybridized carbons (Fsp3) is 0.667. The highest BCUT2D eigenvalue weighted by Gasteiger charge is 2.14. The molecule has 1 unspecified atom stereocenters. The van der Waals surface area contributed by atoms with E-state index in [1.54, 1.807) is 0 Å². The summed E-state index contributed by atoms with van der Waals surface area (Å²) >= 11 is 0. The van der Waals surface area contributed by atoms with Gasteiger partial charge in [0.2, 0.25) is 0 Å². The van der Waals surface area contributed by atoms with Gasteiger partial charge in [0.1, 0.15) is 17.5 Å². The second-order valence-electron chi connectivity index (χ2n) is 4.79. The molecule has 0 amide bonds. The Hall–Kier alpha value is -1.36. The first-order chi connectivity index (χ1) is 8.15. The molecule has 0 radical (unpaired) electrons. The molecule has 1 aromatic heterocycles. The van der Waals surface area contributed by atoms with Crippen molar-refractivity contribution in [3.05, 3.63) is 11.9 Å². The molecule has 2 rings (SSSR count). The molecule has 1 fully saturated rings. The minimum atomic E-state index is 0.716. The number of aromatic nitrogens is 2. The number of hydrogen-bond acceptors (Lipinski definition) is 5. The van der Waals surface area contributed by atoms with Gasteiger partial charge in [-0.2, -0.15) is 0 Å². The monoisotopic (exact) mass is 235 g/mol. The van der Waals surface area contributed by atoms with E-state index in [4.69, 9.17) is 0 Å². The van der Waals surface area contributed by atoms with E-state index in [9.17, 15) is 0 Å². The second kappa shape index (κ2) is 5.31. The number of nitrogens with zero attached hydrogens (tertiary/aromatic N) is 3. The Bertz CT molecular complexity index is 371. The topological polar surface area (TPSA) is 53.1 Å². The number of nitrogens with one attached hydrogen (secondary N) is 2. The summed E-state index contributed by atoms with van der Waals surface area (Å²) in [6, 6.07) is 2.00. The third-order valence-corrected chi connectivity index (χ3v) is 3.02. The van der Waals surface area contributed by atoms with Crippen molar-refractivity contribution in [3.8, 4) is 0 Å². The van der Waals surface area contributed by atoms with E-state index in [0.29, 0.717) is 5.92 Å². The van der Waals surface area contributed by atoms with Crippen LogP contribution in [0.3, 0.4) is 0 Å². The van der Waals surface area contributed by atoms with Gasteiger partial charge in [0.05, 0.1) is 0 Å². The highest BCUT2D eigenvalue weighted by Crippen LogP contribution is 2.15. The predicted molar refractivity (Wildman–Crippen MR) is 70.6 cm³/mol. The Morgan fingerprint density at radius 3 is 2.94 bits per heavy atom. The van der Waals surface area contributed by atoms with Crippen molar-refractivity contribution in [1.82, 2.24) is 15.3 Å². The molecule has 0 aromatic carbocycles. The lowest BCUT2D eigenvalue weighted by molar-refractivity contribution is 0.614. The van der Waals surface area contributed by atoms with E-state index < -0.39 is 0 Å². The van der Waals surface area contributed by atoms with E-state index >= 15 is 0 Å². The highest BCUT2D eigenvalue weighted by molar-refractivity contribution is 5.48. The molecular formula is C12H21N5. The minimum absolute atomic E-state index is 0.716. The van der Waals surface area contributed by atoms with Crippen molar-refractivity contribution < 1.29 is 0 Å². The van der Waals surface area contributed by atoms with Crippen molar-refractivity contribution in [2.75, 3.05) is 43.9 Å². The minimum Gasteiger partial charge on any atom is -0.370 e. The summed E-state index contributed by atoms with van der Waals surface area (Å²) < 4.78 is 0. The number of aryl methyl sites for hydroxylation is 1. The van der Waals surface area contributed by atoms with Crippen LogP contribution in [0.5, 0.6) is 0 Å². The van der Waals surface area contributed by atoms with Gasteiger partial charge in [0.15, 0.2) is 0 Å². The Morgan fingerprint density at radius 1 is 1.47 bits per heavy atom. The van der Waals surface area contributed by atoms with Crippen LogP contribution in [0.25, 0.3) is 0 Å². The predicted octanol–water partition coefficient (Wildman–Crippen LogP) is 0.872. The van der Waals surface area contributed by atoms with Crippen LogP contribution < -0.4 is 15.5 Å². The molecule has 1 aliphatic heterocycles. The van der Waals surface area contributed by atoms with Gasteiger partial charge in [-0.25, -0.2) is 9.97 Å². The van der Waals surface area contributed by atoms with Crippen LogP contribution in [0.4, 0.5) is 11.6 Å². The molecular weight excluding hydrogens is 214 g/mol. The molecule has 0 aliphatic carbocycles. The van der Waals surface area contributed by atoms with Crippen molar-refractivity contribution in [1.29, 1.82) is 0 Å². The quantitative estimate of drug-likeness (QED) is 0.811. The molecule has 5 heteroatoms. The van der Waals surface area contributed by atoms with Crippen molar-refractivity contribution in [2.45, 2.75) is 13.3 Å². The molecule has 1 aromatic rings. The summed E-state index contributed by atoms with van der Waals surface area (Å²) in [5, 5.41) is 6.77. The van der Waals surface area contributed by atoms with Crippen LogP contribution in [0.1, 0.15) is 12.2 Å². The van der Waals surface area contributed by atoms with Crippen molar-refractivity contribution in [3.63, 3.8) is 0 Å². The lowest BCUT2D eigenvalue weighted by Crippen LogP contribution is -2.19. The van der Waals surface area contributed by atoms with Crippen LogP contribution >= 0.6 is 0 Å². The first-order valence-electron chi connectivity index (χ1n) is 6.13. The molecule has 2 N–H and O–H groups in total. The third kappa shape index (κ3) is 3.30. The van der Waals surface area contributed by atoms with Crippen molar-refractivity contribution in [2.24, 2.45) is 5.92 Å². The Kier molecular flexibility index (Phi) is 3.78. The molecule has 1 atom stereocenters. The average Bonchev–Trinajstić information content (AvgIpc) is 2.78. The van der Waals surface area contributed by atoms with Crippen LogP contribution in [-0.2, 0) is 0 Å². The fourth-order valence-corrected chi connectivity index (χ4v) is 2.01. The summed E-state index contributed by atoms with van der Waals surface area (Å²) in [6.45, 7) is 5.15. The Labute approximate surface area is 103 Å². The zero-order chi connectivity index (χ0) is 12.3. The summed E-state index contributed by atoms with van der Waals surface area (Å²) in [5.41, 5.74) is 0. The van der Waals surface area contributed by atoms with Gasteiger partial charge in [-0.1, -0.05) is 0 Å². The van der Waals surface area contributed by atoms with Gasteiger partial charge >= 0.3 is 0 Å². The standard InChI is InChI=1S/C12H21N5/c1-9-15-11(6-12(16-9)17(2)3)14-8-10-4-5-13-7-10/h6,10,13H,4-5,7-8H2,1-3H3,(H,14,15,16). The van der Waals surface area contributed by atoms with Crippen LogP contribution in [0, 0.1) is 12.8 Å². The fourth-order valence-electron chi connectivity index (χ4n) is 2.01. The van der Waals surface area contributed by atoms with Gasteiger partial charge in [-0.05, 0) is 32.4 Å². The number of anilines is 2. The molecule has 17 heavy (non-hydrogen) atoms. The van der Waals surface area contributed by atoms with E-state index in [2.05, 4.69) is 20.6 Å². The van der Waals surface area contributed by atoms with Gasteiger partial charge in [0, 0.05) is 26.7 Å². The van der Waals surface area contributed by atoms with E-state index in [1.807, 2.05) is 32.0 Å². The second-order valence-corrected chi connectivity index (χ2v) is 4.79. The zero-order valence-corrected chi connectivity index (χ0v) is 10.8. The highest BCUT2D eigenvalue weighted by atomic mass is 15.2. The molecule has 94 valence electrons. The SMILES string of the molecule is Cc1nc(NCC2CCNC2)cc(N(C)C)n1. The summed E-state index contributed by atoms with van der Waals surface area (Å²) in [7, 11) is 3.99. The normalized spacial score (nSPS) is 19.4. The first-order valence-corrected chi connectivity index (χ1v) is 6.13. The van der Waals surface area contributed by atoms with Crippen LogP contribution in [-0.4, -0.2) is 43.7 Å².